The van der Waals surface area contributed by atoms with Gasteiger partial charge >= 0.3 is 0 Å². The number of hydrogen-bond donors (Lipinski definition) is 2. The number of anilines is 1. The van der Waals surface area contributed by atoms with Crippen LogP contribution >= 0.6 is 11.8 Å². The predicted octanol–water partition coefficient (Wildman–Crippen LogP) is 4.10. The molecule has 5 rings (SSSR count). The molecule has 0 fully saturated rings. The van der Waals surface area contributed by atoms with Crippen LogP contribution in [-0.2, 0) is 20.9 Å². The summed E-state index contributed by atoms with van der Waals surface area (Å²) in [5, 5.41) is 5.64. The first kappa shape index (κ1) is 26.2. The van der Waals surface area contributed by atoms with E-state index < -0.39 is 17.2 Å². The lowest BCUT2D eigenvalue weighted by atomic mass is 10.1. The smallest absolute Gasteiger partial charge is 0.271 e. The van der Waals surface area contributed by atoms with Gasteiger partial charge in [0.25, 0.3) is 5.91 Å². The number of amidine groups is 2. The number of carbonyl (C=O) groups excluding carboxylic acids is 3. The van der Waals surface area contributed by atoms with E-state index in [1.54, 1.807) is 48.4 Å². The Morgan fingerprint density at radius 1 is 1.13 bits per heavy atom. The molecule has 3 heterocycles. The van der Waals surface area contributed by atoms with Gasteiger partial charge in [0.05, 0.1) is 37.3 Å². The van der Waals surface area contributed by atoms with Crippen molar-refractivity contribution in [3.63, 3.8) is 0 Å². The standard InChI is InChI=1S/C28H27N5O5S/c1-3-23(27(36)30-17-8-6-9-18(14-17)37-2)39-28-31-21-12-5-4-11-20(21)25-32-26(35)22(33(25)28)15-24(34)29-16-19-10-7-13-38-19/h4-14,22-23H,3,15-16H2,1-2H3,(H,29,34)(H,30,36). The normalized spacial score (nSPS) is 16.5. The highest BCUT2D eigenvalue weighted by atomic mass is 32.2. The molecule has 0 spiro atoms. The summed E-state index contributed by atoms with van der Waals surface area (Å²) in [6, 6.07) is 17.1. The zero-order chi connectivity index (χ0) is 27.4. The van der Waals surface area contributed by atoms with Crippen LogP contribution in [0.25, 0.3) is 0 Å². The molecule has 0 saturated carbocycles. The maximum Gasteiger partial charge on any atom is 0.271 e. The molecule has 200 valence electrons. The third-order valence-corrected chi connectivity index (χ3v) is 7.61. The molecule has 0 aliphatic carbocycles. The van der Waals surface area contributed by atoms with Crippen molar-refractivity contribution in [3.05, 3.63) is 78.3 Å². The van der Waals surface area contributed by atoms with Gasteiger partial charge in [0.1, 0.15) is 23.4 Å². The number of furan rings is 1. The highest BCUT2D eigenvalue weighted by Gasteiger charge is 2.43. The number of para-hydroxylation sites is 1. The highest BCUT2D eigenvalue weighted by molar-refractivity contribution is 8.15. The monoisotopic (exact) mass is 545 g/mol. The molecule has 39 heavy (non-hydrogen) atoms. The quantitative estimate of drug-likeness (QED) is 0.415. The van der Waals surface area contributed by atoms with Gasteiger partial charge in [-0.3, -0.25) is 19.3 Å². The van der Waals surface area contributed by atoms with Crippen molar-refractivity contribution in [2.24, 2.45) is 9.98 Å². The summed E-state index contributed by atoms with van der Waals surface area (Å²) in [6.07, 6.45) is 1.91. The van der Waals surface area contributed by atoms with Crippen molar-refractivity contribution in [1.29, 1.82) is 0 Å². The van der Waals surface area contributed by atoms with Crippen molar-refractivity contribution in [1.82, 2.24) is 10.2 Å². The summed E-state index contributed by atoms with van der Waals surface area (Å²) in [5.74, 6) is 0.695. The minimum absolute atomic E-state index is 0.124. The molecule has 2 atom stereocenters. The zero-order valence-corrected chi connectivity index (χ0v) is 22.2. The summed E-state index contributed by atoms with van der Waals surface area (Å²) >= 11 is 1.24. The molecule has 3 amide bonds. The van der Waals surface area contributed by atoms with E-state index in [1.807, 2.05) is 31.2 Å². The summed E-state index contributed by atoms with van der Waals surface area (Å²) in [6.45, 7) is 2.12. The lowest BCUT2D eigenvalue weighted by molar-refractivity contribution is -0.126. The van der Waals surface area contributed by atoms with Crippen molar-refractivity contribution >= 4 is 51.9 Å². The number of thioether (sulfide) groups is 1. The zero-order valence-electron chi connectivity index (χ0n) is 21.4. The van der Waals surface area contributed by atoms with Crippen LogP contribution in [0.15, 0.2) is 81.3 Å². The SMILES string of the molecule is CCC(SC1=Nc2ccccc2C2=NC(=O)C(CC(=O)NCc3ccco3)N12)C(=O)Nc1cccc(OC)c1. The van der Waals surface area contributed by atoms with Crippen LogP contribution in [0.3, 0.4) is 0 Å². The average Bonchev–Trinajstić information content (AvgIpc) is 3.58. The van der Waals surface area contributed by atoms with Gasteiger partial charge in [-0.2, -0.15) is 4.99 Å². The first-order valence-electron chi connectivity index (χ1n) is 12.5. The second-order valence-corrected chi connectivity index (χ2v) is 10.0. The van der Waals surface area contributed by atoms with Crippen LogP contribution in [0.2, 0.25) is 0 Å². The molecule has 11 heteroatoms. The number of fused-ring (bicyclic) bond motifs is 3. The van der Waals surface area contributed by atoms with Crippen molar-refractivity contribution in [3.8, 4) is 5.75 Å². The fourth-order valence-corrected chi connectivity index (χ4v) is 5.37. The number of carbonyl (C=O) groups is 3. The third-order valence-electron chi connectivity index (χ3n) is 6.27. The van der Waals surface area contributed by atoms with Gasteiger partial charge in [-0.1, -0.05) is 36.9 Å². The van der Waals surface area contributed by atoms with Gasteiger partial charge in [0, 0.05) is 17.3 Å². The molecule has 2 aliphatic heterocycles. The van der Waals surface area contributed by atoms with Gasteiger partial charge in [-0.25, -0.2) is 4.99 Å². The van der Waals surface area contributed by atoms with Crippen molar-refractivity contribution < 1.29 is 23.5 Å². The Hall–Kier alpha value is -4.38. The van der Waals surface area contributed by atoms with Crippen LogP contribution < -0.4 is 15.4 Å². The van der Waals surface area contributed by atoms with E-state index in [0.717, 1.165) is 0 Å². The Bertz CT molecular complexity index is 1450. The molecule has 2 unspecified atom stereocenters. The maximum absolute atomic E-state index is 13.3. The number of ether oxygens (including phenoxy) is 1. The highest BCUT2D eigenvalue weighted by Crippen LogP contribution is 2.36. The lowest BCUT2D eigenvalue weighted by Gasteiger charge is -2.32. The van der Waals surface area contributed by atoms with E-state index in [4.69, 9.17) is 14.1 Å². The summed E-state index contributed by atoms with van der Waals surface area (Å²) < 4.78 is 10.5. The second-order valence-electron chi connectivity index (χ2n) is 8.87. The summed E-state index contributed by atoms with van der Waals surface area (Å²) in [5.41, 5.74) is 1.95. The van der Waals surface area contributed by atoms with Crippen LogP contribution in [0.5, 0.6) is 5.75 Å². The van der Waals surface area contributed by atoms with Gasteiger partial charge < -0.3 is 19.8 Å². The topological polar surface area (TPSA) is 126 Å². The Balaban J connectivity index is 1.37. The molecule has 2 aromatic carbocycles. The van der Waals surface area contributed by atoms with Crippen molar-refractivity contribution in [2.45, 2.75) is 37.6 Å². The molecule has 0 radical (unpaired) electrons. The van der Waals surface area contributed by atoms with Gasteiger partial charge in [-0.15, -0.1) is 0 Å². The number of hydrogen-bond acceptors (Lipinski definition) is 8. The van der Waals surface area contributed by atoms with Crippen LogP contribution in [0.1, 0.15) is 31.1 Å². The van der Waals surface area contributed by atoms with E-state index in [9.17, 15) is 14.4 Å². The number of methoxy groups -OCH3 is 1. The fourth-order valence-electron chi connectivity index (χ4n) is 4.30. The van der Waals surface area contributed by atoms with Crippen LogP contribution in [0.4, 0.5) is 11.4 Å². The number of nitrogens with one attached hydrogen (secondary N) is 2. The van der Waals surface area contributed by atoms with Gasteiger partial charge in [0.15, 0.2) is 5.17 Å². The number of nitrogens with zero attached hydrogens (tertiary/aromatic N) is 3. The second kappa shape index (κ2) is 11.6. The largest absolute Gasteiger partial charge is 0.497 e. The molecule has 3 aromatic rings. The summed E-state index contributed by atoms with van der Waals surface area (Å²) in [4.78, 5) is 49.9. The van der Waals surface area contributed by atoms with Crippen LogP contribution in [0, 0.1) is 0 Å². The molecule has 2 N–H and O–H groups in total. The molecule has 10 nitrogen and oxygen atoms in total. The maximum atomic E-state index is 13.3. The first-order chi connectivity index (χ1) is 19.0. The molecule has 1 aromatic heterocycles. The van der Waals surface area contributed by atoms with E-state index in [-0.39, 0.29) is 24.8 Å². The fraction of sp³-hybridized carbons (Fsp3) is 0.250. The van der Waals surface area contributed by atoms with E-state index in [2.05, 4.69) is 15.6 Å². The first-order valence-corrected chi connectivity index (χ1v) is 13.3. The molecular formula is C28H27N5O5S. The van der Waals surface area contributed by atoms with Gasteiger partial charge in [0.2, 0.25) is 11.8 Å². The Morgan fingerprint density at radius 2 is 1.97 bits per heavy atom. The average molecular weight is 546 g/mol. The predicted molar refractivity (Wildman–Crippen MR) is 149 cm³/mol. The molecule has 0 saturated heterocycles. The lowest BCUT2D eigenvalue weighted by Crippen LogP contribution is -2.46. The molecule has 0 bridgehead atoms. The van der Waals surface area contributed by atoms with E-state index >= 15 is 0 Å². The molecule has 2 aliphatic rings. The van der Waals surface area contributed by atoms with E-state index in [0.29, 0.717) is 45.9 Å². The Kier molecular flexibility index (Phi) is 7.78. The molecular weight excluding hydrogens is 518 g/mol. The van der Waals surface area contributed by atoms with Crippen LogP contribution in [-0.4, -0.2) is 52.0 Å². The Morgan fingerprint density at radius 3 is 2.74 bits per heavy atom. The number of aliphatic imine (C=N–C) groups is 2. The van der Waals surface area contributed by atoms with E-state index in [1.165, 1.54) is 18.0 Å². The number of rotatable bonds is 9. The number of benzene rings is 2. The minimum Gasteiger partial charge on any atom is -0.497 e. The minimum atomic E-state index is -0.879. The summed E-state index contributed by atoms with van der Waals surface area (Å²) in [7, 11) is 1.56. The Labute approximate surface area is 229 Å². The van der Waals surface area contributed by atoms with Gasteiger partial charge in [-0.05, 0) is 42.8 Å². The van der Waals surface area contributed by atoms with Crippen molar-refractivity contribution in [2.75, 3.05) is 12.4 Å². The number of amides is 3. The third kappa shape index (κ3) is 5.73.